The summed E-state index contributed by atoms with van der Waals surface area (Å²) in [5, 5.41) is 10.3. The fourth-order valence-electron chi connectivity index (χ4n) is 0.886. The highest BCUT2D eigenvalue weighted by molar-refractivity contribution is 7.89. The molecule has 15 heavy (non-hydrogen) atoms. The van der Waals surface area contributed by atoms with Crippen LogP contribution in [-0.2, 0) is 10.0 Å². The maximum Gasteiger partial charge on any atom is 0.215 e. The Morgan fingerprint density at radius 2 is 2.20 bits per heavy atom. The van der Waals surface area contributed by atoms with Gasteiger partial charge >= 0.3 is 0 Å². The van der Waals surface area contributed by atoms with Gasteiger partial charge in [0.2, 0.25) is 10.0 Å². The minimum Gasteiger partial charge on any atom is -0.368 e. The number of sulfonamides is 1. The minimum absolute atomic E-state index is 0.0383. The lowest BCUT2D eigenvalue weighted by molar-refractivity contribution is 0.521. The van der Waals surface area contributed by atoms with Crippen LogP contribution in [0.2, 0.25) is 0 Å². The van der Waals surface area contributed by atoms with Crippen LogP contribution in [0, 0.1) is 0 Å². The molecule has 0 saturated carbocycles. The maximum absolute atomic E-state index is 11.4. The first-order valence-corrected chi connectivity index (χ1v) is 6.05. The summed E-state index contributed by atoms with van der Waals surface area (Å²) in [5.41, 5.74) is 0. The summed E-state index contributed by atoms with van der Waals surface area (Å²) < 4.78 is 23.9. The molecule has 0 radical (unpaired) electrons. The Labute approximate surface area is 89.4 Å². The van der Waals surface area contributed by atoms with Crippen molar-refractivity contribution in [1.29, 1.82) is 0 Å². The third kappa shape index (κ3) is 3.80. The average Bonchev–Trinajstić information content (AvgIpc) is 2.19. The van der Waals surface area contributed by atoms with Gasteiger partial charge in [0.25, 0.3) is 0 Å². The first-order chi connectivity index (χ1) is 7.02. The molecule has 1 aromatic rings. The molecule has 6 nitrogen and oxygen atoms in total. The van der Waals surface area contributed by atoms with Crippen molar-refractivity contribution >= 4 is 15.8 Å². The summed E-state index contributed by atoms with van der Waals surface area (Å²) in [4.78, 5) is 0. The minimum atomic E-state index is -3.15. The van der Waals surface area contributed by atoms with Crippen molar-refractivity contribution in [3.8, 4) is 0 Å². The maximum atomic E-state index is 11.4. The molecule has 1 heterocycles. The van der Waals surface area contributed by atoms with Crippen molar-refractivity contribution in [2.24, 2.45) is 0 Å². The van der Waals surface area contributed by atoms with Crippen molar-refractivity contribution in [2.75, 3.05) is 31.7 Å². The third-order valence-electron chi connectivity index (χ3n) is 1.79. The van der Waals surface area contributed by atoms with Gasteiger partial charge in [0.05, 0.1) is 5.75 Å². The van der Waals surface area contributed by atoms with Gasteiger partial charge in [0.1, 0.15) is 5.82 Å². The average molecular weight is 230 g/mol. The summed E-state index contributed by atoms with van der Waals surface area (Å²) in [7, 11) is -0.123. The van der Waals surface area contributed by atoms with E-state index in [2.05, 4.69) is 15.5 Å². The summed E-state index contributed by atoms with van der Waals surface area (Å²) in [5.74, 6) is 0.614. The molecule has 0 unspecified atom stereocenters. The number of nitrogens with one attached hydrogen (secondary N) is 1. The number of aromatic nitrogens is 2. The van der Waals surface area contributed by atoms with Crippen molar-refractivity contribution < 1.29 is 8.42 Å². The number of hydrogen-bond donors (Lipinski definition) is 1. The highest BCUT2D eigenvalue weighted by Crippen LogP contribution is 1.98. The lowest BCUT2D eigenvalue weighted by atomic mass is 10.5. The standard InChI is InChI=1S/C8H14N4O2S/c1-12(2)15(13,14)7-6-9-8-4-3-5-10-11-8/h3-5H,6-7H2,1-2H3,(H,9,11). The molecular formula is C8H14N4O2S. The molecule has 0 aliphatic rings. The second kappa shape index (κ2) is 5.04. The van der Waals surface area contributed by atoms with Crippen LogP contribution < -0.4 is 5.32 Å². The second-order valence-electron chi connectivity index (χ2n) is 3.13. The Hall–Kier alpha value is -1.21. The SMILES string of the molecule is CN(C)S(=O)(=O)CCNc1cccnn1. The molecule has 0 aliphatic carbocycles. The van der Waals surface area contributed by atoms with Crippen LogP contribution in [0.1, 0.15) is 0 Å². The van der Waals surface area contributed by atoms with Gasteiger partial charge in [0.15, 0.2) is 0 Å². The van der Waals surface area contributed by atoms with Gasteiger partial charge < -0.3 is 5.32 Å². The molecule has 1 N–H and O–H groups in total. The number of anilines is 1. The summed E-state index contributed by atoms with van der Waals surface area (Å²) in [6, 6.07) is 3.46. The molecule has 7 heteroatoms. The normalized spacial score (nSPS) is 11.7. The fraction of sp³-hybridized carbons (Fsp3) is 0.500. The number of nitrogens with zero attached hydrogens (tertiary/aromatic N) is 3. The topological polar surface area (TPSA) is 75.2 Å². The zero-order valence-electron chi connectivity index (χ0n) is 8.71. The van der Waals surface area contributed by atoms with E-state index in [1.807, 2.05) is 0 Å². The molecule has 0 atom stereocenters. The van der Waals surface area contributed by atoms with Gasteiger partial charge in [-0.2, -0.15) is 5.10 Å². The summed E-state index contributed by atoms with van der Waals surface area (Å²) in [6.07, 6.45) is 1.56. The number of hydrogen-bond acceptors (Lipinski definition) is 5. The quantitative estimate of drug-likeness (QED) is 0.757. The van der Waals surface area contributed by atoms with E-state index in [0.29, 0.717) is 12.4 Å². The molecule has 1 aromatic heterocycles. The van der Waals surface area contributed by atoms with Crippen molar-refractivity contribution in [3.63, 3.8) is 0 Å². The lowest BCUT2D eigenvalue weighted by Crippen LogP contribution is -2.28. The molecule has 0 spiro atoms. The van der Waals surface area contributed by atoms with E-state index in [-0.39, 0.29) is 5.75 Å². The Balaban J connectivity index is 2.41. The fourth-order valence-corrected chi connectivity index (χ4v) is 1.61. The second-order valence-corrected chi connectivity index (χ2v) is 5.44. The molecule has 0 amide bonds. The molecule has 0 aromatic carbocycles. The van der Waals surface area contributed by atoms with Gasteiger partial charge in [-0.05, 0) is 12.1 Å². The number of rotatable bonds is 5. The predicted molar refractivity (Wildman–Crippen MR) is 58.0 cm³/mol. The van der Waals surface area contributed by atoms with E-state index < -0.39 is 10.0 Å². The van der Waals surface area contributed by atoms with Crippen LogP contribution in [0.5, 0.6) is 0 Å². The van der Waals surface area contributed by atoms with E-state index in [4.69, 9.17) is 0 Å². The van der Waals surface area contributed by atoms with E-state index in [9.17, 15) is 8.42 Å². The molecule has 0 saturated heterocycles. The van der Waals surface area contributed by atoms with Gasteiger partial charge in [-0.3, -0.25) is 0 Å². The van der Waals surface area contributed by atoms with Crippen LogP contribution >= 0.6 is 0 Å². The molecular weight excluding hydrogens is 216 g/mol. The van der Waals surface area contributed by atoms with Crippen LogP contribution in [0.15, 0.2) is 18.3 Å². The monoisotopic (exact) mass is 230 g/mol. The molecule has 84 valence electrons. The Kier molecular flexibility index (Phi) is 3.98. The Morgan fingerprint density at radius 3 is 2.73 bits per heavy atom. The first kappa shape index (κ1) is 11.9. The Morgan fingerprint density at radius 1 is 1.47 bits per heavy atom. The highest BCUT2D eigenvalue weighted by atomic mass is 32.2. The van der Waals surface area contributed by atoms with Crippen molar-refractivity contribution in [3.05, 3.63) is 18.3 Å². The van der Waals surface area contributed by atoms with E-state index in [1.165, 1.54) is 18.4 Å². The molecule has 0 aliphatic heterocycles. The van der Waals surface area contributed by atoms with Gasteiger partial charge in [0, 0.05) is 26.8 Å². The highest BCUT2D eigenvalue weighted by Gasteiger charge is 2.12. The first-order valence-electron chi connectivity index (χ1n) is 4.44. The van der Waals surface area contributed by atoms with Crippen LogP contribution in [-0.4, -0.2) is 49.3 Å². The largest absolute Gasteiger partial charge is 0.368 e. The summed E-state index contributed by atoms with van der Waals surface area (Å²) >= 11 is 0. The van der Waals surface area contributed by atoms with Gasteiger partial charge in [-0.1, -0.05) is 0 Å². The zero-order valence-corrected chi connectivity index (χ0v) is 9.53. The van der Waals surface area contributed by atoms with Gasteiger partial charge in [-0.25, -0.2) is 12.7 Å². The van der Waals surface area contributed by atoms with Crippen molar-refractivity contribution in [1.82, 2.24) is 14.5 Å². The smallest absolute Gasteiger partial charge is 0.215 e. The van der Waals surface area contributed by atoms with Crippen molar-refractivity contribution in [2.45, 2.75) is 0 Å². The van der Waals surface area contributed by atoms with Gasteiger partial charge in [-0.15, -0.1) is 5.10 Å². The van der Waals surface area contributed by atoms with Crippen LogP contribution in [0.25, 0.3) is 0 Å². The molecule has 0 bridgehead atoms. The van der Waals surface area contributed by atoms with Crippen LogP contribution in [0.4, 0.5) is 5.82 Å². The molecule has 0 fully saturated rings. The third-order valence-corrected chi connectivity index (χ3v) is 3.63. The van der Waals surface area contributed by atoms with E-state index in [1.54, 1.807) is 18.3 Å². The lowest BCUT2D eigenvalue weighted by Gasteiger charge is -2.11. The van der Waals surface area contributed by atoms with E-state index in [0.717, 1.165) is 0 Å². The zero-order chi connectivity index (χ0) is 11.3. The Bertz CT molecular complexity index is 390. The van der Waals surface area contributed by atoms with E-state index >= 15 is 0 Å². The predicted octanol–water partition coefficient (Wildman–Crippen LogP) is -0.220. The van der Waals surface area contributed by atoms with Crippen LogP contribution in [0.3, 0.4) is 0 Å². The molecule has 1 rings (SSSR count). The summed E-state index contributed by atoms with van der Waals surface area (Å²) in [6.45, 7) is 0.319.